The van der Waals surface area contributed by atoms with Gasteiger partial charge in [0.25, 0.3) is 0 Å². The number of hydrogen-bond acceptors (Lipinski definition) is 2. The van der Waals surface area contributed by atoms with Crippen LogP contribution in [0.25, 0.3) is 0 Å². The van der Waals surface area contributed by atoms with Gasteiger partial charge in [-0.15, -0.1) is 0 Å². The molecule has 0 radical (unpaired) electrons. The summed E-state index contributed by atoms with van der Waals surface area (Å²) in [7, 11) is 0. The second-order valence-corrected chi connectivity index (χ2v) is 4.51. The molecule has 0 bridgehead atoms. The first-order valence-corrected chi connectivity index (χ1v) is 6.50. The lowest BCUT2D eigenvalue weighted by atomic mass is 10.1. The summed E-state index contributed by atoms with van der Waals surface area (Å²) in [5.41, 5.74) is 1.74. The van der Waals surface area contributed by atoms with E-state index in [-0.39, 0.29) is 6.42 Å². The summed E-state index contributed by atoms with van der Waals surface area (Å²) in [4.78, 5) is 22.8. The van der Waals surface area contributed by atoms with Crippen molar-refractivity contribution in [1.82, 2.24) is 10.6 Å². The molecule has 0 aliphatic rings. The third kappa shape index (κ3) is 5.56. The molecule has 1 atom stereocenters. The van der Waals surface area contributed by atoms with Crippen LogP contribution in [-0.4, -0.2) is 29.7 Å². The number of urea groups is 1. The van der Waals surface area contributed by atoms with Crippen LogP contribution in [-0.2, 0) is 11.2 Å². The molecule has 0 spiro atoms. The van der Waals surface area contributed by atoms with Gasteiger partial charge < -0.3 is 15.7 Å². The SMILES string of the molecule is C=C(CC)CNC(=O)NC(Cc1ccccc1)C(=O)O. The first-order chi connectivity index (χ1) is 9.52. The summed E-state index contributed by atoms with van der Waals surface area (Å²) in [5.74, 6) is -1.06. The van der Waals surface area contributed by atoms with E-state index < -0.39 is 18.0 Å². The standard InChI is InChI=1S/C15H20N2O3/c1-3-11(2)10-16-15(20)17-13(14(18)19)9-12-7-5-4-6-8-12/h4-8,13H,2-3,9-10H2,1H3,(H,18,19)(H2,16,17,20). The summed E-state index contributed by atoms with van der Waals surface area (Å²) in [6, 6.07) is 7.73. The molecule has 0 aromatic heterocycles. The Morgan fingerprint density at radius 2 is 1.95 bits per heavy atom. The minimum Gasteiger partial charge on any atom is -0.480 e. The molecule has 1 unspecified atom stereocenters. The van der Waals surface area contributed by atoms with E-state index in [1.807, 2.05) is 37.3 Å². The zero-order chi connectivity index (χ0) is 15.0. The Kier molecular flexibility index (Phi) is 6.29. The number of hydrogen-bond donors (Lipinski definition) is 3. The molecule has 0 aliphatic heterocycles. The van der Waals surface area contributed by atoms with E-state index >= 15 is 0 Å². The van der Waals surface area contributed by atoms with Crippen molar-refractivity contribution < 1.29 is 14.7 Å². The van der Waals surface area contributed by atoms with Crippen molar-refractivity contribution in [1.29, 1.82) is 0 Å². The van der Waals surface area contributed by atoms with Crippen LogP contribution in [0.4, 0.5) is 4.79 Å². The van der Waals surface area contributed by atoms with E-state index in [1.54, 1.807) is 0 Å². The second-order valence-electron chi connectivity index (χ2n) is 4.51. The Hall–Kier alpha value is -2.30. The van der Waals surface area contributed by atoms with Gasteiger partial charge in [-0.3, -0.25) is 0 Å². The van der Waals surface area contributed by atoms with Crippen molar-refractivity contribution in [3.63, 3.8) is 0 Å². The van der Waals surface area contributed by atoms with Crippen LogP contribution in [0.5, 0.6) is 0 Å². The van der Waals surface area contributed by atoms with E-state index in [0.717, 1.165) is 17.6 Å². The van der Waals surface area contributed by atoms with Gasteiger partial charge in [-0.05, 0) is 12.0 Å². The molecule has 1 aromatic rings. The van der Waals surface area contributed by atoms with E-state index in [2.05, 4.69) is 17.2 Å². The zero-order valence-electron chi connectivity index (χ0n) is 11.6. The maximum absolute atomic E-state index is 11.6. The van der Waals surface area contributed by atoms with Gasteiger partial charge in [-0.1, -0.05) is 49.4 Å². The Labute approximate surface area is 118 Å². The zero-order valence-corrected chi connectivity index (χ0v) is 11.6. The smallest absolute Gasteiger partial charge is 0.326 e. The highest BCUT2D eigenvalue weighted by molar-refractivity contribution is 5.82. The van der Waals surface area contributed by atoms with Crippen LogP contribution in [0.1, 0.15) is 18.9 Å². The predicted octanol–water partition coefficient (Wildman–Crippen LogP) is 1.95. The van der Waals surface area contributed by atoms with Gasteiger partial charge in [-0.25, -0.2) is 9.59 Å². The van der Waals surface area contributed by atoms with Crippen molar-refractivity contribution in [2.45, 2.75) is 25.8 Å². The average Bonchev–Trinajstić information content (AvgIpc) is 2.45. The third-order valence-electron chi connectivity index (χ3n) is 2.89. The van der Waals surface area contributed by atoms with E-state index in [1.165, 1.54) is 0 Å². The number of aliphatic carboxylic acids is 1. The maximum atomic E-state index is 11.6. The molecule has 5 heteroatoms. The average molecular weight is 276 g/mol. The van der Waals surface area contributed by atoms with Crippen LogP contribution < -0.4 is 10.6 Å². The number of carboxylic acids is 1. The van der Waals surface area contributed by atoms with Crippen LogP contribution in [0, 0.1) is 0 Å². The van der Waals surface area contributed by atoms with Crippen LogP contribution in [0.15, 0.2) is 42.5 Å². The molecule has 0 aliphatic carbocycles. The molecule has 108 valence electrons. The molecule has 2 amide bonds. The number of rotatable bonds is 7. The van der Waals surface area contributed by atoms with Crippen LogP contribution in [0.3, 0.4) is 0 Å². The minimum atomic E-state index is -1.06. The van der Waals surface area contributed by atoms with Crippen molar-refractivity contribution in [2.24, 2.45) is 0 Å². The molecule has 0 saturated carbocycles. The molecule has 1 aromatic carbocycles. The molecule has 3 N–H and O–H groups in total. The lowest BCUT2D eigenvalue weighted by Crippen LogP contribution is -2.47. The van der Waals surface area contributed by atoms with E-state index in [9.17, 15) is 9.59 Å². The van der Waals surface area contributed by atoms with E-state index in [0.29, 0.717) is 6.54 Å². The first-order valence-electron chi connectivity index (χ1n) is 6.50. The fraction of sp³-hybridized carbons (Fsp3) is 0.333. The van der Waals surface area contributed by atoms with Crippen molar-refractivity contribution >= 4 is 12.0 Å². The normalized spacial score (nSPS) is 11.4. The molecular formula is C15H20N2O3. The Morgan fingerprint density at radius 3 is 2.50 bits per heavy atom. The van der Waals surface area contributed by atoms with Crippen LogP contribution >= 0.6 is 0 Å². The molecular weight excluding hydrogens is 256 g/mol. The number of benzene rings is 1. The van der Waals surface area contributed by atoms with Gasteiger partial charge in [0, 0.05) is 13.0 Å². The summed E-state index contributed by atoms with van der Waals surface area (Å²) in [5, 5.41) is 14.2. The predicted molar refractivity (Wildman–Crippen MR) is 77.5 cm³/mol. The van der Waals surface area contributed by atoms with Gasteiger partial charge in [0.05, 0.1) is 0 Å². The van der Waals surface area contributed by atoms with Gasteiger partial charge in [0.15, 0.2) is 0 Å². The highest BCUT2D eigenvalue weighted by Crippen LogP contribution is 2.03. The lowest BCUT2D eigenvalue weighted by Gasteiger charge is -2.15. The fourth-order valence-corrected chi connectivity index (χ4v) is 1.59. The highest BCUT2D eigenvalue weighted by Gasteiger charge is 2.20. The van der Waals surface area contributed by atoms with Gasteiger partial charge in [0.2, 0.25) is 0 Å². The Balaban J connectivity index is 2.53. The van der Waals surface area contributed by atoms with Gasteiger partial charge in [0.1, 0.15) is 6.04 Å². The summed E-state index contributed by atoms with van der Waals surface area (Å²) in [6.45, 7) is 6.06. The largest absolute Gasteiger partial charge is 0.480 e. The highest BCUT2D eigenvalue weighted by atomic mass is 16.4. The molecule has 20 heavy (non-hydrogen) atoms. The summed E-state index contributed by atoms with van der Waals surface area (Å²) in [6.07, 6.45) is 1.02. The number of carbonyl (C=O) groups is 2. The Bertz CT molecular complexity index is 471. The van der Waals surface area contributed by atoms with Crippen molar-refractivity contribution in [3.8, 4) is 0 Å². The van der Waals surface area contributed by atoms with Crippen molar-refractivity contribution in [3.05, 3.63) is 48.0 Å². The topological polar surface area (TPSA) is 78.4 Å². The maximum Gasteiger partial charge on any atom is 0.326 e. The second kappa shape index (κ2) is 7.99. The Morgan fingerprint density at radius 1 is 1.30 bits per heavy atom. The third-order valence-corrected chi connectivity index (χ3v) is 2.89. The minimum absolute atomic E-state index is 0.248. The number of carbonyl (C=O) groups excluding carboxylic acids is 1. The summed E-state index contributed by atoms with van der Waals surface area (Å²) >= 11 is 0. The lowest BCUT2D eigenvalue weighted by molar-refractivity contribution is -0.139. The fourth-order valence-electron chi connectivity index (χ4n) is 1.59. The number of carboxylic acid groups (broad SMARTS) is 1. The van der Waals surface area contributed by atoms with Crippen molar-refractivity contribution in [2.75, 3.05) is 6.54 Å². The molecule has 1 rings (SSSR count). The van der Waals surface area contributed by atoms with E-state index in [4.69, 9.17) is 5.11 Å². The molecule has 5 nitrogen and oxygen atoms in total. The number of nitrogens with one attached hydrogen (secondary N) is 2. The van der Waals surface area contributed by atoms with Gasteiger partial charge >= 0.3 is 12.0 Å². The quantitative estimate of drug-likeness (QED) is 0.666. The monoisotopic (exact) mass is 276 g/mol. The molecule has 0 fully saturated rings. The van der Waals surface area contributed by atoms with Crippen LogP contribution in [0.2, 0.25) is 0 Å². The summed E-state index contributed by atoms with van der Waals surface area (Å²) < 4.78 is 0. The molecule has 0 saturated heterocycles. The number of amides is 2. The molecule has 0 heterocycles. The first kappa shape index (κ1) is 15.8. The van der Waals surface area contributed by atoms with Gasteiger partial charge in [-0.2, -0.15) is 0 Å².